The molecule has 0 radical (unpaired) electrons. The summed E-state index contributed by atoms with van der Waals surface area (Å²) in [6.45, 7) is 0. The quantitative estimate of drug-likeness (QED) is 0.688. The Bertz CT molecular complexity index is 621. The lowest BCUT2D eigenvalue weighted by Gasteiger charge is -2.14. The van der Waals surface area contributed by atoms with Gasteiger partial charge in [-0.2, -0.15) is 13.2 Å². The third kappa shape index (κ3) is 3.16. The van der Waals surface area contributed by atoms with Crippen molar-refractivity contribution in [3.63, 3.8) is 0 Å². The van der Waals surface area contributed by atoms with Crippen LogP contribution in [0.25, 0.3) is 0 Å². The van der Waals surface area contributed by atoms with Gasteiger partial charge in [0.25, 0.3) is 0 Å². The minimum absolute atomic E-state index is 0.171. The van der Waals surface area contributed by atoms with Crippen LogP contribution >= 0.6 is 38.9 Å². The summed E-state index contributed by atoms with van der Waals surface area (Å²) in [6, 6.07) is 3.56. The average molecular weight is 389 g/mol. The number of rotatable bonds is 2. The lowest BCUT2D eigenvalue weighted by Crippen LogP contribution is -2.14. The van der Waals surface area contributed by atoms with Gasteiger partial charge in [-0.15, -0.1) is 11.3 Å². The lowest BCUT2D eigenvalue weighted by atomic mass is 10.0. The number of thiophene rings is 1. The van der Waals surface area contributed by atoms with Gasteiger partial charge < -0.3 is 5.73 Å². The molecule has 0 saturated heterocycles. The van der Waals surface area contributed by atoms with Gasteiger partial charge in [0.15, 0.2) is 0 Å². The maximum atomic E-state index is 13.2. The van der Waals surface area contributed by atoms with Crippen molar-refractivity contribution in [1.29, 1.82) is 0 Å². The Morgan fingerprint density at radius 1 is 1.25 bits per heavy atom. The van der Waals surface area contributed by atoms with Crippen molar-refractivity contribution in [2.45, 2.75) is 12.2 Å². The Morgan fingerprint density at radius 2 is 1.90 bits per heavy atom. The topological polar surface area (TPSA) is 26.0 Å². The van der Waals surface area contributed by atoms with Crippen molar-refractivity contribution >= 4 is 38.9 Å². The molecule has 1 nitrogen and oxygen atoms in total. The molecule has 1 atom stereocenters. The monoisotopic (exact) mass is 387 g/mol. The van der Waals surface area contributed by atoms with Gasteiger partial charge in [0, 0.05) is 9.35 Å². The van der Waals surface area contributed by atoms with Crippen LogP contribution in [0.5, 0.6) is 0 Å². The molecule has 1 unspecified atom stereocenters. The number of alkyl halides is 3. The first-order chi connectivity index (χ1) is 9.20. The zero-order valence-corrected chi connectivity index (χ0v) is 12.8. The Hall–Kier alpha value is -0.630. The summed E-state index contributed by atoms with van der Waals surface area (Å²) in [5, 5.41) is 0. The molecule has 2 rings (SSSR count). The minimum Gasteiger partial charge on any atom is -0.320 e. The fraction of sp³-hybridized carbons (Fsp3) is 0.167. The standard InChI is InChI=1S/C12H7BrClF4NS/c13-7-4-9(20-11(7)14)10(19)5-1-2-8(15)6(3-5)12(16,17)18/h1-4,10H,19H2. The van der Waals surface area contributed by atoms with Crippen molar-refractivity contribution in [2.24, 2.45) is 5.73 Å². The summed E-state index contributed by atoms with van der Waals surface area (Å²) >= 11 is 10.2. The van der Waals surface area contributed by atoms with Crippen molar-refractivity contribution in [3.05, 3.63) is 54.9 Å². The van der Waals surface area contributed by atoms with Crippen LogP contribution in [0.3, 0.4) is 0 Å². The first-order valence-electron chi connectivity index (χ1n) is 5.27. The molecular formula is C12H7BrClF4NS. The predicted molar refractivity (Wildman–Crippen MR) is 74.5 cm³/mol. The highest BCUT2D eigenvalue weighted by molar-refractivity contribution is 9.10. The van der Waals surface area contributed by atoms with Crippen molar-refractivity contribution < 1.29 is 17.6 Å². The molecule has 2 aromatic rings. The molecule has 20 heavy (non-hydrogen) atoms. The SMILES string of the molecule is NC(c1ccc(F)c(C(F)(F)F)c1)c1cc(Br)c(Cl)s1. The number of hydrogen-bond donors (Lipinski definition) is 1. The summed E-state index contributed by atoms with van der Waals surface area (Å²) < 4.78 is 52.3. The van der Waals surface area contributed by atoms with E-state index in [1.807, 2.05) is 0 Å². The largest absolute Gasteiger partial charge is 0.419 e. The van der Waals surface area contributed by atoms with E-state index < -0.39 is 23.6 Å². The minimum atomic E-state index is -4.76. The Balaban J connectivity index is 2.43. The van der Waals surface area contributed by atoms with Gasteiger partial charge in [-0.1, -0.05) is 17.7 Å². The second-order valence-corrected chi connectivity index (χ2v) is 6.53. The number of halogens is 6. The molecule has 1 aromatic heterocycles. The lowest BCUT2D eigenvalue weighted by molar-refractivity contribution is -0.140. The van der Waals surface area contributed by atoms with E-state index in [-0.39, 0.29) is 5.56 Å². The summed E-state index contributed by atoms with van der Waals surface area (Å²) in [4.78, 5) is 0.585. The van der Waals surface area contributed by atoms with Crippen LogP contribution < -0.4 is 5.73 Å². The third-order valence-corrected chi connectivity index (χ3v) is 5.18. The number of benzene rings is 1. The van der Waals surface area contributed by atoms with Crippen LogP contribution in [0.2, 0.25) is 4.34 Å². The van der Waals surface area contributed by atoms with Crippen LogP contribution in [0.15, 0.2) is 28.7 Å². The van der Waals surface area contributed by atoms with Crippen LogP contribution in [0.4, 0.5) is 17.6 Å². The van der Waals surface area contributed by atoms with E-state index in [0.717, 1.165) is 23.5 Å². The van der Waals surface area contributed by atoms with Crippen molar-refractivity contribution in [2.75, 3.05) is 0 Å². The Labute approximate surface area is 129 Å². The number of hydrogen-bond acceptors (Lipinski definition) is 2. The molecule has 2 N–H and O–H groups in total. The molecule has 0 aliphatic heterocycles. The second kappa shape index (κ2) is 5.63. The first-order valence-corrected chi connectivity index (χ1v) is 7.26. The molecule has 0 bridgehead atoms. The molecule has 1 heterocycles. The Kier molecular flexibility index (Phi) is 4.44. The molecule has 0 aliphatic carbocycles. The van der Waals surface area contributed by atoms with Gasteiger partial charge in [0.1, 0.15) is 10.2 Å². The van der Waals surface area contributed by atoms with Crippen LogP contribution in [-0.4, -0.2) is 0 Å². The highest BCUT2D eigenvalue weighted by atomic mass is 79.9. The van der Waals surface area contributed by atoms with Gasteiger partial charge in [-0.25, -0.2) is 4.39 Å². The normalized spacial score (nSPS) is 13.6. The summed E-state index contributed by atoms with van der Waals surface area (Å²) in [6.07, 6.45) is -4.76. The highest BCUT2D eigenvalue weighted by Gasteiger charge is 2.34. The van der Waals surface area contributed by atoms with Gasteiger partial charge in [-0.3, -0.25) is 0 Å². The zero-order chi connectivity index (χ0) is 15.1. The van der Waals surface area contributed by atoms with E-state index in [1.165, 1.54) is 6.07 Å². The van der Waals surface area contributed by atoms with E-state index in [0.29, 0.717) is 13.7 Å². The predicted octanol–water partition coefficient (Wildman–Crippen LogP) is 5.37. The smallest absolute Gasteiger partial charge is 0.320 e. The number of nitrogens with two attached hydrogens (primary N) is 1. The van der Waals surface area contributed by atoms with Crippen LogP contribution in [0.1, 0.15) is 22.0 Å². The summed E-state index contributed by atoms with van der Waals surface area (Å²) in [7, 11) is 0. The molecule has 0 spiro atoms. The molecule has 0 saturated carbocycles. The summed E-state index contributed by atoms with van der Waals surface area (Å²) in [5.41, 5.74) is 4.75. The van der Waals surface area contributed by atoms with E-state index in [1.54, 1.807) is 6.07 Å². The Morgan fingerprint density at radius 3 is 2.40 bits per heavy atom. The molecular weight excluding hydrogens is 382 g/mol. The maximum Gasteiger partial charge on any atom is 0.419 e. The van der Waals surface area contributed by atoms with Gasteiger partial charge in [0.05, 0.1) is 11.6 Å². The van der Waals surface area contributed by atoms with Gasteiger partial charge in [-0.05, 0) is 39.7 Å². The van der Waals surface area contributed by atoms with Crippen LogP contribution in [0, 0.1) is 5.82 Å². The zero-order valence-electron chi connectivity index (χ0n) is 9.64. The third-order valence-electron chi connectivity index (χ3n) is 2.63. The van der Waals surface area contributed by atoms with Crippen LogP contribution in [-0.2, 0) is 6.18 Å². The first kappa shape index (κ1) is 15.8. The second-order valence-electron chi connectivity index (χ2n) is 3.99. The molecule has 108 valence electrons. The molecule has 1 aromatic carbocycles. The van der Waals surface area contributed by atoms with Gasteiger partial charge >= 0.3 is 6.18 Å². The fourth-order valence-electron chi connectivity index (χ4n) is 1.63. The van der Waals surface area contributed by atoms with E-state index in [2.05, 4.69) is 15.9 Å². The molecule has 0 amide bonds. The molecule has 0 aliphatic rings. The van der Waals surface area contributed by atoms with E-state index in [9.17, 15) is 17.6 Å². The fourth-order valence-corrected chi connectivity index (χ4v) is 3.40. The van der Waals surface area contributed by atoms with Crippen molar-refractivity contribution in [1.82, 2.24) is 0 Å². The highest BCUT2D eigenvalue weighted by Crippen LogP contribution is 2.38. The van der Waals surface area contributed by atoms with E-state index >= 15 is 0 Å². The van der Waals surface area contributed by atoms with Crippen molar-refractivity contribution in [3.8, 4) is 0 Å². The average Bonchev–Trinajstić information content (AvgIpc) is 2.68. The summed E-state index contributed by atoms with van der Waals surface area (Å²) in [5.74, 6) is -1.32. The molecule has 8 heteroatoms. The van der Waals surface area contributed by atoms with Gasteiger partial charge in [0.2, 0.25) is 0 Å². The van der Waals surface area contributed by atoms with E-state index in [4.69, 9.17) is 17.3 Å². The maximum absolute atomic E-state index is 13.2. The molecule has 0 fully saturated rings.